The van der Waals surface area contributed by atoms with Gasteiger partial charge in [0.2, 0.25) is 11.8 Å². The van der Waals surface area contributed by atoms with Crippen LogP contribution in [0.5, 0.6) is 5.75 Å². The molecule has 3 aliphatic carbocycles. The van der Waals surface area contributed by atoms with Gasteiger partial charge in [0.05, 0.1) is 22.0 Å². The molecule has 3 aromatic carbocycles. The molecule has 0 radical (unpaired) electrons. The van der Waals surface area contributed by atoms with Crippen LogP contribution in [0.15, 0.2) is 94.0 Å². The van der Waals surface area contributed by atoms with Gasteiger partial charge in [0.15, 0.2) is 11.6 Å². The van der Waals surface area contributed by atoms with Crippen LogP contribution in [-0.2, 0) is 19.2 Å². The topological polar surface area (TPSA) is 91.8 Å². The first kappa shape index (κ1) is 25.6. The highest BCUT2D eigenvalue weighted by molar-refractivity contribution is 14.1. The molecule has 1 heterocycles. The van der Waals surface area contributed by atoms with Crippen molar-refractivity contribution in [1.82, 2.24) is 0 Å². The number of hydrogen-bond acceptors (Lipinski definition) is 5. The van der Waals surface area contributed by atoms with Gasteiger partial charge in [0, 0.05) is 32.1 Å². The maximum absolute atomic E-state index is 14.0. The highest BCUT2D eigenvalue weighted by Crippen LogP contribution is 2.56. The van der Waals surface area contributed by atoms with E-state index in [1.54, 1.807) is 24.3 Å². The molecule has 0 aromatic heterocycles. The molecule has 40 heavy (non-hydrogen) atoms. The lowest BCUT2D eigenvalue weighted by atomic mass is 9.59. The van der Waals surface area contributed by atoms with Crippen LogP contribution < -0.4 is 4.90 Å². The van der Waals surface area contributed by atoms with E-state index in [1.165, 1.54) is 11.0 Å². The maximum Gasteiger partial charge on any atom is 0.238 e. The number of imide groups is 1. The van der Waals surface area contributed by atoms with Crippen molar-refractivity contribution in [2.45, 2.75) is 18.8 Å². The van der Waals surface area contributed by atoms with E-state index in [9.17, 15) is 24.3 Å². The van der Waals surface area contributed by atoms with Crippen molar-refractivity contribution in [3.8, 4) is 5.75 Å². The number of amides is 2. The molecule has 2 amide bonds. The summed E-state index contributed by atoms with van der Waals surface area (Å²) >= 11 is 5.45. The molecule has 4 aliphatic rings. The molecule has 1 fully saturated rings. The van der Waals surface area contributed by atoms with Gasteiger partial charge in [-0.3, -0.25) is 24.1 Å². The number of allylic oxidation sites excluding steroid dienone is 6. The quantitative estimate of drug-likeness (QED) is 0.150. The van der Waals surface area contributed by atoms with Crippen molar-refractivity contribution >= 4 is 78.4 Å². The Morgan fingerprint density at radius 1 is 0.875 bits per heavy atom. The predicted molar refractivity (Wildman–Crippen MR) is 162 cm³/mol. The Morgan fingerprint density at radius 2 is 1.60 bits per heavy atom. The Morgan fingerprint density at radius 3 is 2.35 bits per heavy atom. The summed E-state index contributed by atoms with van der Waals surface area (Å²) in [4.78, 5) is 55.9. The third-order valence-electron chi connectivity index (χ3n) is 8.66. The number of aromatic hydroxyl groups is 1. The van der Waals surface area contributed by atoms with Gasteiger partial charge in [0.25, 0.3) is 0 Å². The van der Waals surface area contributed by atoms with E-state index in [0.717, 1.165) is 20.1 Å². The molecule has 1 saturated heterocycles. The number of halogens is 2. The van der Waals surface area contributed by atoms with Crippen LogP contribution in [0.1, 0.15) is 24.3 Å². The highest BCUT2D eigenvalue weighted by Gasteiger charge is 2.56. The number of benzene rings is 3. The van der Waals surface area contributed by atoms with E-state index >= 15 is 0 Å². The average Bonchev–Trinajstić information content (AvgIpc) is 3.21. The number of phenolic OH excluding ortho intramolecular Hbond substituents is 1. The summed E-state index contributed by atoms with van der Waals surface area (Å²) in [6.07, 6.45) is 3.92. The number of carbonyl (C=O) groups is 4. The van der Waals surface area contributed by atoms with Crippen LogP contribution in [0.25, 0.3) is 10.8 Å². The second-order valence-corrected chi connectivity index (χ2v) is 12.7. The summed E-state index contributed by atoms with van der Waals surface area (Å²) in [6, 6.07) is 18.1. The lowest BCUT2D eigenvalue weighted by molar-refractivity contribution is -0.123. The fourth-order valence-corrected chi connectivity index (χ4v) is 7.77. The number of carbonyl (C=O) groups excluding carboxylic acids is 4. The minimum Gasteiger partial charge on any atom is -0.507 e. The summed E-state index contributed by atoms with van der Waals surface area (Å²) in [5.74, 6) is -3.07. The summed E-state index contributed by atoms with van der Waals surface area (Å²) in [5, 5.41) is 12.0. The summed E-state index contributed by atoms with van der Waals surface area (Å²) < 4.78 is 1.19. The third kappa shape index (κ3) is 3.65. The van der Waals surface area contributed by atoms with Gasteiger partial charge in [-0.15, -0.1) is 0 Å². The molecule has 8 heteroatoms. The number of hydrogen-bond donors (Lipinski definition) is 1. The van der Waals surface area contributed by atoms with Crippen LogP contribution in [0.2, 0.25) is 0 Å². The Balaban J connectivity index is 1.41. The van der Waals surface area contributed by atoms with Crippen molar-refractivity contribution in [2.24, 2.45) is 17.8 Å². The zero-order chi connectivity index (χ0) is 27.9. The molecule has 198 valence electrons. The lowest BCUT2D eigenvalue weighted by Gasteiger charge is -2.42. The van der Waals surface area contributed by atoms with Gasteiger partial charge < -0.3 is 5.11 Å². The van der Waals surface area contributed by atoms with Crippen LogP contribution in [-0.4, -0.2) is 28.5 Å². The number of rotatable bonds is 2. The number of nitrogens with zero attached hydrogens (tertiary/aromatic N) is 1. The summed E-state index contributed by atoms with van der Waals surface area (Å²) in [7, 11) is 0. The van der Waals surface area contributed by atoms with Gasteiger partial charge in [-0.25, -0.2) is 0 Å². The van der Waals surface area contributed by atoms with E-state index in [0.29, 0.717) is 28.6 Å². The monoisotopic (exact) mass is 705 g/mol. The molecule has 4 unspecified atom stereocenters. The molecule has 0 saturated carbocycles. The van der Waals surface area contributed by atoms with Crippen molar-refractivity contribution in [3.63, 3.8) is 0 Å². The van der Waals surface area contributed by atoms with Crippen molar-refractivity contribution in [3.05, 3.63) is 103 Å². The number of ketones is 2. The Labute approximate surface area is 251 Å². The zero-order valence-corrected chi connectivity index (χ0v) is 24.7. The molecule has 1 N–H and O–H groups in total. The van der Waals surface area contributed by atoms with E-state index in [4.69, 9.17) is 0 Å². The molecule has 4 atom stereocenters. The second-order valence-electron chi connectivity index (χ2n) is 10.6. The summed E-state index contributed by atoms with van der Waals surface area (Å²) in [5.41, 5.74) is 3.01. The van der Waals surface area contributed by atoms with Gasteiger partial charge in [-0.2, -0.15) is 0 Å². The van der Waals surface area contributed by atoms with Crippen LogP contribution in [0.3, 0.4) is 0 Å². The first-order valence-electron chi connectivity index (χ1n) is 13.0. The average molecular weight is 706 g/mol. The molecule has 0 bridgehead atoms. The van der Waals surface area contributed by atoms with Crippen LogP contribution in [0, 0.1) is 21.3 Å². The summed E-state index contributed by atoms with van der Waals surface area (Å²) in [6.45, 7) is 0. The van der Waals surface area contributed by atoms with Crippen molar-refractivity contribution in [1.29, 1.82) is 0 Å². The fourth-order valence-electron chi connectivity index (χ4n) is 6.96. The minimum atomic E-state index is -0.640. The molecule has 7 rings (SSSR count). The molecule has 1 aliphatic heterocycles. The van der Waals surface area contributed by atoms with Gasteiger partial charge >= 0.3 is 0 Å². The van der Waals surface area contributed by atoms with Gasteiger partial charge in [-0.1, -0.05) is 42.0 Å². The number of Topliss-reactive ketones (excluding diaryl/α,β-unsaturated/α-hetero) is 1. The number of phenols is 1. The molecular formula is C32H21BrINO5. The minimum absolute atomic E-state index is 0.122. The number of anilines is 1. The van der Waals surface area contributed by atoms with E-state index in [-0.39, 0.29) is 40.0 Å². The van der Waals surface area contributed by atoms with Crippen molar-refractivity contribution < 1.29 is 24.3 Å². The first-order chi connectivity index (χ1) is 19.3. The smallest absolute Gasteiger partial charge is 0.238 e. The van der Waals surface area contributed by atoms with E-state index in [1.807, 2.05) is 42.5 Å². The fraction of sp³-hybridized carbons (Fsp3) is 0.188. The number of fused-ring (bicyclic) bond motifs is 4. The SMILES string of the molecule is O=C1C=C(Br)C(=O)C2=C1C(c1ccc(O)c3ccccc13)C1=CCC3C(=O)N(c4ccc(I)cc4)C(=O)C3C1C2. The first-order valence-corrected chi connectivity index (χ1v) is 14.9. The highest BCUT2D eigenvalue weighted by atomic mass is 127. The van der Waals surface area contributed by atoms with Gasteiger partial charge in [-0.05, 0) is 98.6 Å². The van der Waals surface area contributed by atoms with Crippen LogP contribution >= 0.6 is 38.5 Å². The largest absolute Gasteiger partial charge is 0.507 e. The Hall–Kier alpha value is -3.37. The predicted octanol–water partition coefficient (Wildman–Crippen LogP) is 6.12. The van der Waals surface area contributed by atoms with Gasteiger partial charge in [0.1, 0.15) is 5.75 Å². The normalized spacial score (nSPS) is 26.0. The van der Waals surface area contributed by atoms with E-state index in [2.05, 4.69) is 38.5 Å². The standard InChI is InChI=1S/C32H21BrINO5/c33-24-14-26(37)29-23(30(24)38)13-22-20(27(29)19-11-12-25(36)18-4-2-1-3-17(18)19)9-10-21-28(22)32(40)35(31(21)39)16-7-5-15(34)6-8-16/h1-9,11-12,14,21-22,27-28,36H,10,13H2. The van der Waals surface area contributed by atoms with Crippen molar-refractivity contribution in [2.75, 3.05) is 4.90 Å². The Kier molecular flexibility index (Phi) is 5.98. The molecule has 0 spiro atoms. The second kappa shape index (κ2) is 9.34. The molecule has 6 nitrogen and oxygen atoms in total. The maximum atomic E-state index is 14.0. The Bertz CT molecular complexity index is 1790. The molecular weight excluding hydrogens is 685 g/mol. The third-order valence-corrected chi connectivity index (χ3v) is 9.97. The lowest BCUT2D eigenvalue weighted by Crippen LogP contribution is -2.39. The van der Waals surface area contributed by atoms with E-state index < -0.39 is 23.7 Å². The zero-order valence-electron chi connectivity index (χ0n) is 20.9. The van der Waals surface area contributed by atoms with Crippen LogP contribution in [0.4, 0.5) is 5.69 Å². The molecule has 3 aromatic rings.